The van der Waals surface area contributed by atoms with Crippen LogP contribution in [0.1, 0.15) is 5.56 Å². The number of hydrogen-bond acceptors (Lipinski definition) is 4. The molecular weight excluding hydrogens is 278 g/mol. The minimum absolute atomic E-state index is 0.0515. The Hall–Kier alpha value is -2.63. The molecule has 0 unspecified atom stereocenters. The summed E-state index contributed by atoms with van der Waals surface area (Å²) in [5.74, 6) is 0.862. The minimum Gasteiger partial charge on any atom is -0.352 e. The van der Waals surface area contributed by atoms with Crippen molar-refractivity contribution in [3.63, 3.8) is 0 Å². The molecule has 114 valence electrons. The van der Waals surface area contributed by atoms with E-state index in [2.05, 4.69) is 20.2 Å². The number of aromatic nitrogens is 2. The molecule has 2 amide bonds. The molecule has 1 fully saturated rings. The van der Waals surface area contributed by atoms with Crippen LogP contribution in [-0.2, 0) is 0 Å². The lowest BCUT2D eigenvalue weighted by molar-refractivity contribution is 0.208. The van der Waals surface area contributed by atoms with E-state index >= 15 is 0 Å². The number of aryl methyl sites for hydroxylation is 1. The second kappa shape index (κ2) is 6.43. The summed E-state index contributed by atoms with van der Waals surface area (Å²) in [7, 11) is 0. The van der Waals surface area contributed by atoms with Crippen LogP contribution in [0.15, 0.2) is 42.9 Å². The number of piperazine rings is 1. The smallest absolute Gasteiger partial charge is 0.321 e. The van der Waals surface area contributed by atoms with Crippen LogP contribution in [0.2, 0.25) is 0 Å². The van der Waals surface area contributed by atoms with Crippen molar-refractivity contribution in [2.75, 3.05) is 36.4 Å². The molecule has 2 aromatic rings. The lowest BCUT2D eigenvalue weighted by Crippen LogP contribution is -2.50. The summed E-state index contributed by atoms with van der Waals surface area (Å²) in [6.45, 7) is 4.89. The van der Waals surface area contributed by atoms with Gasteiger partial charge in [0.1, 0.15) is 5.82 Å². The van der Waals surface area contributed by atoms with Gasteiger partial charge in [-0.1, -0.05) is 12.1 Å². The molecule has 1 aromatic heterocycles. The Labute approximate surface area is 129 Å². The second-order valence-electron chi connectivity index (χ2n) is 5.34. The molecule has 3 rings (SSSR count). The van der Waals surface area contributed by atoms with Crippen molar-refractivity contribution in [2.45, 2.75) is 6.92 Å². The number of nitrogens with one attached hydrogen (secondary N) is 1. The van der Waals surface area contributed by atoms with Gasteiger partial charge in [-0.15, -0.1) is 0 Å². The van der Waals surface area contributed by atoms with E-state index in [0.29, 0.717) is 13.1 Å². The van der Waals surface area contributed by atoms with Crippen molar-refractivity contribution < 1.29 is 4.79 Å². The fourth-order valence-electron chi connectivity index (χ4n) is 2.52. The lowest BCUT2D eigenvalue weighted by Gasteiger charge is -2.35. The number of rotatable bonds is 2. The number of urea groups is 1. The van der Waals surface area contributed by atoms with Crippen LogP contribution in [0.3, 0.4) is 0 Å². The number of hydrogen-bond donors (Lipinski definition) is 1. The Morgan fingerprint density at radius 2 is 2.00 bits per heavy atom. The molecule has 6 heteroatoms. The quantitative estimate of drug-likeness (QED) is 0.922. The average Bonchev–Trinajstić information content (AvgIpc) is 2.56. The Kier molecular flexibility index (Phi) is 4.18. The van der Waals surface area contributed by atoms with Crippen LogP contribution in [0, 0.1) is 6.92 Å². The Balaban J connectivity index is 1.56. The van der Waals surface area contributed by atoms with Gasteiger partial charge in [0.15, 0.2) is 0 Å². The molecule has 0 atom stereocenters. The SMILES string of the molecule is Cc1cccc(NC(=O)N2CCN(c3cnccn3)CC2)c1. The average molecular weight is 297 g/mol. The zero-order valence-corrected chi connectivity index (χ0v) is 12.6. The van der Waals surface area contributed by atoms with E-state index in [9.17, 15) is 4.79 Å². The molecule has 1 aliphatic rings. The molecule has 6 nitrogen and oxygen atoms in total. The van der Waals surface area contributed by atoms with E-state index in [1.165, 1.54) is 0 Å². The Morgan fingerprint density at radius 1 is 1.18 bits per heavy atom. The maximum absolute atomic E-state index is 12.3. The molecule has 1 aromatic carbocycles. The van der Waals surface area contributed by atoms with Crippen LogP contribution >= 0.6 is 0 Å². The monoisotopic (exact) mass is 297 g/mol. The third-order valence-corrected chi connectivity index (χ3v) is 3.71. The first kappa shape index (κ1) is 14.3. The van der Waals surface area contributed by atoms with E-state index in [1.54, 1.807) is 18.6 Å². The first-order chi connectivity index (χ1) is 10.7. The molecule has 0 saturated carbocycles. The summed E-state index contributed by atoms with van der Waals surface area (Å²) in [4.78, 5) is 24.6. The van der Waals surface area contributed by atoms with Crippen molar-refractivity contribution in [2.24, 2.45) is 0 Å². The van der Waals surface area contributed by atoms with Crippen molar-refractivity contribution in [3.05, 3.63) is 48.4 Å². The first-order valence-electron chi connectivity index (χ1n) is 7.36. The number of nitrogens with zero attached hydrogens (tertiary/aromatic N) is 4. The van der Waals surface area contributed by atoms with Gasteiger partial charge >= 0.3 is 6.03 Å². The number of anilines is 2. The van der Waals surface area contributed by atoms with Gasteiger partial charge in [0.05, 0.1) is 6.20 Å². The van der Waals surface area contributed by atoms with Gasteiger partial charge in [-0.05, 0) is 24.6 Å². The number of amides is 2. The normalized spacial score (nSPS) is 14.8. The summed E-state index contributed by atoms with van der Waals surface area (Å²) in [6, 6.07) is 7.77. The number of benzene rings is 1. The first-order valence-corrected chi connectivity index (χ1v) is 7.36. The molecule has 2 heterocycles. The molecule has 0 radical (unpaired) electrons. The highest BCUT2D eigenvalue weighted by Crippen LogP contribution is 2.14. The summed E-state index contributed by atoms with van der Waals surface area (Å²) in [5.41, 5.74) is 1.96. The van der Waals surface area contributed by atoms with Gasteiger partial charge in [0, 0.05) is 44.3 Å². The molecular formula is C16H19N5O. The van der Waals surface area contributed by atoms with Gasteiger partial charge in [-0.25, -0.2) is 9.78 Å². The van der Waals surface area contributed by atoms with Crippen molar-refractivity contribution in [3.8, 4) is 0 Å². The van der Waals surface area contributed by atoms with Crippen LogP contribution < -0.4 is 10.2 Å². The highest BCUT2D eigenvalue weighted by Gasteiger charge is 2.21. The highest BCUT2D eigenvalue weighted by molar-refractivity contribution is 5.89. The third-order valence-electron chi connectivity index (χ3n) is 3.71. The highest BCUT2D eigenvalue weighted by atomic mass is 16.2. The lowest BCUT2D eigenvalue weighted by atomic mass is 10.2. The topological polar surface area (TPSA) is 61.4 Å². The minimum atomic E-state index is -0.0515. The zero-order chi connectivity index (χ0) is 15.4. The fourth-order valence-corrected chi connectivity index (χ4v) is 2.52. The molecule has 22 heavy (non-hydrogen) atoms. The van der Waals surface area contributed by atoms with Crippen molar-refractivity contribution >= 4 is 17.5 Å². The van der Waals surface area contributed by atoms with Crippen LogP contribution in [0.4, 0.5) is 16.3 Å². The van der Waals surface area contributed by atoms with Gasteiger partial charge in [-0.3, -0.25) is 4.98 Å². The van der Waals surface area contributed by atoms with Gasteiger partial charge in [-0.2, -0.15) is 0 Å². The maximum Gasteiger partial charge on any atom is 0.321 e. The summed E-state index contributed by atoms with van der Waals surface area (Å²) in [5, 5.41) is 2.95. The second-order valence-corrected chi connectivity index (χ2v) is 5.34. The van der Waals surface area contributed by atoms with Gasteiger partial charge in [0.2, 0.25) is 0 Å². The molecule has 0 bridgehead atoms. The van der Waals surface area contributed by atoms with E-state index < -0.39 is 0 Å². The summed E-state index contributed by atoms with van der Waals surface area (Å²) in [6.07, 6.45) is 5.10. The predicted molar refractivity (Wildman–Crippen MR) is 86.0 cm³/mol. The van der Waals surface area contributed by atoms with E-state index in [1.807, 2.05) is 36.1 Å². The van der Waals surface area contributed by atoms with Gasteiger partial charge in [0.25, 0.3) is 0 Å². The molecule has 1 N–H and O–H groups in total. The number of carbonyl (C=O) groups is 1. The van der Waals surface area contributed by atoms with E-state index in [0.717, 1.165) is 30.2 Å². The summed E-state index contributed by atoms with van der Waals surface area (Å²) < 4.78 is 0. The van der Waals surface area contributed by atoms with E-state index in [-0.39, 0.29) is 6.03 Å². The van der Waals surface area contributed by atoms with Crippen molar-refractivity contribution in [1.82, 2.24) is 14.9 Å². The molecule has 1 aliphatic heterocycles. The molecule has 0 aliphatic carbocycles. The predicted octanol–water partition coefficient (Wildman–Crippen LogP) is 2.14. The van der Waals surface area contributed by atoms with Crippen LogP contribution in [0.25, 0.3) is 0 Å². The van der Waals surface area contributed by atoms with Gasteiger partial charge < -0.3 is 15.1 Å². The molecule has 0 spiro atoms. The van der Waals surface area contributed by atoms with Crippen LogP contribution in [-0.4, -0.2) is 47.1 Å². The van der Waals surface area contributed by atoms with E-state index in [4.69, 9.17) is 0 Å². The van der Waals surface area contributed by atoms with Crippen molar-refractivity contribution in [1.29, 1.82) is 0 Å². The Bertz CT molecular complexity index is 638. The standard InChI is InChI=1S/C16H19N5O/c1-13-3-2-4-14(11-13)19-16(22)21-9-7-20(8-10-21)15-12-17-5-6-18-15/h2-6,11-12H,7-10H2,1H3,(H,19,22). The van der Waals surface area contributed by atoms with Crippen LogP contribution in [0.5, 0.6) is 0 Å². The summed E-state index contributed by atoms with van der Waals surface area (Å²) >= 11 is 0. The zero-order valence-electron chi connectivity index (χ0n) is 12.6. The maximum atomic E-state index is 12.3. The Morgan fingerprint density at radius 3 is 2.68 bits per heavy atom. The molecule has 1 saturated heterocycles. The number of carbonyl (C=O) groups excluding carboxylic acids is 1. The largest absolute Gasteiger partial charge is 0.352 e. The fraction of sp³-hybridized carbons (Fsp3) is 0.312. The third kappa shape index (κ3) is 3.33.